The van der Waals surface area contributed by atoms with Crippen molar-refractivity contribution >= 4 is 22.3 Å². The Balaban J connectivity index is 1.94. The molecule has 0 amide bonds. The molecule has 3 aromatic rings. The van der Waals surface area contributed by atoms with Crippen LogP contribution in [0.4, 0.5) is 0 Å². The van der Waals surface area contributed by atoms with E-state index in [1.807, 2.05) is 36.6 Å². The van der Waals surface area contributed by atoms with Crippen LogP contribution in [0.15, 0.2) is 44.9 Å². The lowest BCUT2D eigenvalue weighted by Crippen LogP contribution is -2.05. The molecule has 1 aromatic carbocycles. The van der Waals surface area contributed by atoms with Crippen molar-refractivity contribution in [1.82, 2.24) is 0 Å². The molecule has 102 valence electrons. The van der Waals surface area contributed by atoms with Gasteiger partial charge in [-0.25, -0.2) is 4.79 Å². The van der Waals surface area contributed by atoms with Gasteiger partial charge in [0.2, 0.25) is 0 Å². The van der Waals surface area contributed by atoms with E-state index in [4.69, 9.17) is 9.15 Å². The van der Waals surface area contributed by atoms with Crippen LogP contribution in [-0.2, 0) is 6.61 Å². The van der Waals surface area contributed by atoms with E-state index in [9.17, 15) is 4.79 Å². The van der Waals surface area contributed by atoms with Crippen molar-refractivity contribution in [3.05, 3.63) is 62.1 Å². The number of benzene rings is 1. The highest BCUT2D eigenvalue weighted by molar-refractivity contribution is 7.09. The monoisotopic (exact) mass is 286 g/mol. The van der Waals surface area contributed by atoms with Gasteiger partial charge in [-0.3, -0.25) is 0 Å². The second-order valence-electron chi connectivity index (χ2n) is 4.67. The van der Waals surface area contributed by atoms with E-state index in [1.165, 1.54) is 0 Å². The smallest absolute Gasteiger partial charge is 0.339 e. The molecule has 0 spiro atoms. The molecule has 0 fully saturated rings. The summed E-state index contributed by atoms with van der Waals surface area (Å²) in [6.45, 7) is 4.24. The summed E-state index contributed by atoms with van der Waals surface area (Å²) in [5, 5.41) is 2.97. The van der Waals surface area contributed by atoms with Crippen LogP contribution in [0.25, 0.3) is 11.0 Å². The van der Waals surface area contributed by atoms with Crippen molar-refractivity contribution in [3.63, 3.8) is 0 Å². The summed E-state index contributed by atoms with van der Waals surface area (Å²) < 4.78 is 11.0. The van der Waals surface area contributed by atoms with E-state index < -0.39 is 0 Å². The second kappa shape index (κ2) is 5.13. The fourth-order valence-electron chi connectivity index (χ4n) is 2.07. The molecule has 0 N–H and O–H groups in total. The molecule has 20 heavy (non-hydrogen) atoms. The van der Waals surface area contributed by atoms with Gasteiger partial charge in [-0.1, -0.05) is 6.07 Å². The van der Waals surface area contributed by atoms with Gasteiger partial charge in [-0.2, -0.15) is 0 Å². The Hall–Kier alpha value is -2.07. The lowest BCUT2D eigenvalue weighted by atomic mass is 10.1. The zero-order valence-corrected chi connectivity index (χ0v) is 12.1. The SMILES string of the molecule is Cc1c(C)c2ccc(OCc3cccs3)cc2oc1=O. The van der Waals surface area contributed by atoms with Crippen molar-refractivity contribution < 1.29 is 9.15 Å². The lowest BCUT2D eigenvalue weighted by molar-refractivity contribution is 0.309. The third kappa shape index (κ3) is 2.34. The average molecular weight is 286 g/mol. The van der Waals surface area contributed by atoms with Gasteiger partial charge in [0.15, 0.2) is 0 Å². The molecular formula is C16H14O3S. The molecule has 0 aliphatic carbocycles. The highest BCUT2D eigenvalue weighted by atomic mass is 32.1. The zero-order chi connectivity index (χ0) is 14.1. The fourth-order valence-corrected chi connectivity index (χ4v) is 2.68. The Morgan fingerprint density at radius 2 is 2.05 bits per heavy atom. The van der Waals surface area contributed by atoms with Crippen LogP contribution in [0.3, 0.4) is 0 Å². The van der Waals surface area contributed by atoms with E-state index in [-0.39, 0.29) is 5.63 Å². The summed E-state index contributed by atoms with van der Waals surface area (Å²) in [7, 11) is 0. The van der Waals surface area contributed by atoms with E-state index >= 15 is 0 Å². The highest BCUT2D eigenvalue weighted by Crippen LogP contribution is 2.24. The third-order valence-electron chi connectivity index (χ3n) is 3.39. The Morgan fingerprint density at radius 3 is 2.80 bits per heavy atom. The van der Waals surface area contributed by atoms with Crippen molar-refractivity contribution in [2.24, 2.45) is 0 Å². The molecule has 3 nitrogen and oxygen atoms in total. The van der Waals surface area contributed by atoms with Crippen LogP contribution in [-0.4, -0.2) is 0 Å². The lowest BCUT2D eigenvalue weighted by Gasteiger charge is -2.07. The van der Waals surface area contributed by atoms with Crippen molar-refractivity contribution in [2.75, 3.05) is 0 Å². The van der Waals surface area contributed by atoms with Crippen molar-refractivity contribution in [2.45, 2.75) is 20.5 Å². The van der Waals surface area contributed by atoms with E-state index in [2.05, 4.69) is 0 Å². The summed E-state index contributed by atoms with van der Waals surface area (Å²) in [5.74, 6) is 0.706. The molecule has 0 aliphatic rings. The Labute approximate surface area is 120 Å². The molecule has 0 radical (unpaired) electrons. The first-order chi connectivity index (χ1) is 9.65. The quantitative estimate of drug-likeness (QED) is 0.682. The predicted molar refractivity (Wildman–Crippen MR) is 80.6 cm³/mol. The van der Waals surface area contributed by atoms with Gasteiger partial charge in [0.05, 0.1) is 0 Å². The van der Waals surface area contributed by atoms with Crippen LogP contribution in [0.2, 0.25) is 0 Å². The van der Waals surface area contributed by atoms with Crippen molar-refractivity contribution in [1.29, 1.82) is 0 Å². The summed E-state index contributed by atoms with van der Waals surface area (Å²) >= 11 is 1.65. The van der Waals surface area contributed by atoms with Gasteiger partial charge in [0, 0.05) is 21.9 Å². The van der Waals surface area contributed by atoms with Gasteiger partial charge in [-0.05, 0) is 43.0 Å². The minimum atomic E-state index is -0.287. The third-order valence-corrected chi connectivity index (χ3v) is 4.24. The number of thiophene rings is 1. The highest BCUT2D eigenvalue weighted by Gasteiger charge is 2.08. The molecule has 0 unspecified atom stereocenters. The van der Waals surface area contributed by atoms with Gasteiger partial charge in [0.25, 0.3) is 0 Å². The molecule has 4 heteroatoms. The first kappa shape index (κ1) is 12.9. The number of rotatable bonds is 3. The second-order valence-corrected chi connectivity index (χ2v) is 5.70. The summed E-state index contributed by atoms with van der Waals surface area (Å²) in [6.07, 6.45) is 0. The van der Waals surface area contributed by atoms with Gasteiger partial charge in [0.1, 0.15) is 17.9 Å². The molecule has 2 heterocycles. The standard InChI is InChI=1S/C16H14O3S/c1-10-11(2)16(17)19-15-8-12(5-6-14(10)15)18-9-13-4-3-7-20-13/h3-8H,9H2,1-2H3. The largest absolute Gasteiger partial charge is 0.488 e. The van der Waals surface area contributed by atoms with Crippen LogP contribution in [0, 0.1) is 13.8 Å². The maximum Gasteiger partial charge on any atom is 0.339 e. The van der Waals surface area contributed by atoms with Crippen molar-refractivity contribution in [3.8, 4) is 5.75 Å². The van der Waals surface area contributed by atoms with E-state index in [0.717, 1.165) is 15.8 Å². The molecule has 0 atom stereocenters. The summed E-state index contributed by atoms with van der Waals surface area (Å²) in [6, 6.07) is 9.64. The maximum absolute atomic E-state index is 11.7. The minimum absolute atomic E-state index is 0.287. The predicted octanol–water partition coefficient (Wildman–Crippen LogP) is 4.05. The van der Waals surface area contributed by atoms with Gasteiger partial charge >= 0.3 is 5.63 Å². The average Bonchev–Trinajstić information content (AvgIpc) is 2.96. The summed E-state index contributed by atoms with van der Waals surface area (Å²) in [5.41, 5.74) is 1.90. The first-order valence-corrected chi connectivity index (χ1v) is 7.22. The number of aryl methyl sites for hydroxylation is 1. The Morgan fingerprint density at radius 1 is 1.20 bits per heavy atom. The van der Waals surface area contributed by atoms with Gasteiger partial charge < -0.3 is 9.15 Å². The molecule has 0 saturated heterocycles. The molecule has 0 bridgehead atoms. The number of hydrogen-bond donors (Lipinski definition) is 0. The fraction of sp³-hybridized carbons (Fsp3) is 0.188. The summed E-state index contributed by atoms with van der Waals surface area (Å²) in [4.78, 5) is 12.9. The normalized spacial score (nSPS) is 10.9. The molecule has 2 aromatic heterocycles. The molecule has 3 rings (SSSR count). The van der Waals surface area contributed by atoms with E-state index in [1.54, 1.807) is 24.3 Å². The number of fused-ring (bicyclic) bond motifs is 1. The van der Waals surface area contributed by atoms with Gasteiger partial charge in [-0.15, -0.1) is 11.3 Å². The van der Waals surface area contributed by atoms with Crippen LogP contribution in [0.1, 0.15) is 16.0 Å². The van der Waals surface area contributed by atoms with Crippen LogP contribution >= 0.6 is 11.3 Å². The zero-order valence-electron chi connectivity index (χ0n) is 11.3. The Bertz CT molecular complexity index is 800. The number of ether oxygens (including phenoxy) is 1. The molecule has 0 saturated carbocycles. The molecule has 0 aliphatic heterocycles. The minimum Gasteiger partial charge on any atom is -0.488 e. The molecular weight excluding hydrogens is 272 g/mol. The number of hydrogen-bond acceptors (Lipinski definition) is 4. The first-order valence-electron chi connectivity index (χ1n) is 6.34. The van der Waals surface area contributed by atoms with E-state index in [0.29, 0.717) is 23.5 Å². The van der Waals surface area contributed by atoms with Crippen LogP contribution < -0.4 is 10.4 Å². The topological polar surface area (TPSA) is 39.4 Å². The maximum atomic E-state index is 11.7. The Kier molecular flexibility index (Phi) is 3.32. The van der Waals surface area contributed by atoms with Crippen LogP contribution in [0.5, 0.6) is 5.75 Å².